The number of halogens is 2. The lowest BCUT2D eigenvalue weighted by Gasteiger charge is -2.31. The topological polar surface area (TPSA) is 40.6 Å². The number of carbonyl (C=O) groups excluding carboxylic acids is 2. The molecule has 1 aliphatic rings. The number of hydrogen-bond acceptors (Lipinski definition) is 2. The van der Waals surface area contributed by atoms with Crippen molar-refractivity contribution in [2.24, 2.45) is 0 Å². The molecule has 4 nitrogen and oxygen atoms in total. The van der Waals surface area contributed by atoms with Gasteiger partial charge in [0.1, 0.15) is 5.54 Å². The van der Waals surface area contributed by atoms with Gasteiger partial charge in [0, 0.05) is 0 Å². The molecule has 0 saturated carbocycles. The molecule has 0 aromatic heterocycles. The van der Waals surface area contributed by atoms with Crippen LogP contribution in [0.2, 0.25) is 0 Å². The Morgan fingerprint density at radius 1 is 0.783 bits per heavy atom. The van der Waals surface area contributed by atoms with Gasteiger partial charge in [-0.3, -0.25) is 4.79 Å². The fourth-order valence-electron chi connectivity index (χ4n) is 3.19. The van der Waals surface area contributed by atoms with Crippen LogP contribution in [-0.4, -0.2) is 25.3 Å². The largest absolute Gasteiger partial charge is 0.348 e. The van der Waals surface area contributed by atoms with Gasteiger partial charge in [-0.1, -0.05) is 78.1 Å². The van der Waals surface area contributed by atoms with Gasteiger partial charge in [0.2, 0.25) is 0 Å². The van der Waals surface area contributed by atoms with Gasteiger partial charge in [-0.25, -0.2) is 8.72 Å². The number of unbranched alkanes of at least 4 members (excludes halogenated alkanes) is 8. The van der Waals surface area contributed by atoms with Gasteiger partial charge < -0.3 is 0 Å². The van der Waals surface area contributed by atoms with Crippen LogP contribution in [0.5, 0.6) is 0 Å². The van der Waals surface area contributed by atoms with Crippen LogP contribution in [-0.2, 0) is 4.79 Å². The third kappa shape index (κ3) is 5.45. The fourth-order valence-corrected chi connectivity index (χ4v) is 4.56. The number of rotatable bonds is 12. The van der Waals surface area contributed by atoms with E-state index in [1.165, 1.54) is 42.5 Å². The summed E-state index contributed by atoms with van der Waals surface area (Å²) in [5, 5.41) is 0. The molecule has 0 atom stereocenters. The average molecular weight is 454 g/mol. The van der Waals surface area contributed by atoms with E-state index in [4.69, 9.17) is 0 Å². The van der Waals surface area contributed by atoms with Crippen molar-refractivity contribution in [1.29, 1.82) is 0 Å². The predicted octanol–water partition coefficient (Wildman–Crippen LogP) is 6.33. The molecule has 1 saturated heterocycles. The summed E-state index contributed by atoms with van der Waals surface area (Å²) in [7, 11) is 0. The molecule has 0 N–H and O–H groups in total. The molecule has 0 unspecified atom stereocenters. The smallest absolute Gasteiger partial charge is 0.271 e. The van der Waals surface area contributed by atoms with Gasteiger partial charge >= 0.3 is 6.03 Å². The second-order valence-corrected chi connectivity index (χ2v) is 7.93. The molecule has 0 aliphatic carbocycles. The predicted molar refractivity (Wildman–Crippen MR) is 101 cm³/mol. The first-order chi connectivity index (χ1) is 11.0. The first-order valence-electron chi connectivity index (χ1n) is 9.01. The summed E-state index contributed by atoms with van der Waals surface area (Å²) < 4.78 is 2.57. The highest BCUT2D eigenvalue weighted by molar-refractivity contribution is 9.08. The van der Waals surface area contributed by atoms with Crippen molar-refractivity contribution in [3.05, 3.63) is 0 Å². The number of urea groups is 1. The van der Waals surface area contributed by atoms with Crippen molar-refractivity contribution in [2.45, 2.75) is 96.4 Å². The highest BCUT2D eigenvalue weighted by atomic mass is 79.9. The molecule has 0 radical (unpaired) electrons. The molecule has 1 rings (SSSR count). The maximum atomic E-state index is 12.7. The Morgan fingerprint density at radius 3 is 1.57 bits per heavy atom. The number of carbonyl (C=O) groups is 2. The lowest BCUT2D eigenvalue weighted by molar-refractivity contribution is -0.129. The Balaban J connectivity index is 2.64. The van der Waals surface area contributed by atoms with Crippen LogP contribution in [0.4, 0.5) is 4.79 Å². The minimum Gasteiger partial charge on any atom is -0.271 e. The zero-order chi connectivity index (χ0) is 17.3. The molecule has 0 aromatic rings. The van der Waals surface area contributed by atoms with Gasteiger partial charge in [-0.05, 0) is 12.8 Å². The Labute approximate surface area is 158 Å². The van der Waals surface area contributed by atoms with E-state index in [9.17, 15) is 9.59 Å². The molecule has 6 heteroatoms. The Bertz CT molecular complexity index is 377. The summed E-state index contributed by atoms with van der Waals surface area (Å²) in [6.45, 7) is 4.39. The second kappa shape index (κ2) is 10.7. The van der Waals surface area contributed by atoms with Crippen LogP contribution in [0.25, 0.3) is 0 Å². The van der Waals surface area contributed by atoms with E-state index >= 15 is 0 Å². The summed E-state index contributed by atoms with van der Waals surface area (Å²) in [6, 6.07) is -0.308. The highest BCUT2D eigenvalue weighted by Gasteiger charge is 2.55. The van der Waals surface area contributed by atoms with E-state index < -0.39 is 5.54 Å². The van der Waals surface area contributed by atoms with E-state index in [-0.39, 0.29) is 11.9 Å². The van der Waals surface area contributed by atoms with Crippen LogP contribution in [0, 0.1) is 0 Å². The third-order valence-corrected chi connectivity index (χ3v) is 6.28. The Hall–Kier alpha value is -0.100. The van der Waals surface area contributed by atoms with Crippen molar-refractivity contribution in [1.82, 2.24) is 7.85 Å². The lowest BCUT2D eigenvalue weighted by Crippen LogP contribution is -2.45. The van der Waals surface area contributed by atoms with Crippen LogP contribution < -0.4 is 0 Å². The standard InChI is InChI=1S/C17H30Br2N2O2/c1-3-5-7-9-11-13-17(14-12-10-8-6-4-2)15(22)20(18)16(23)21(17)19/h3-14H2,1-2H3. The summed E-state index contributed by atoms with van der Waals surface area (Å²) >= 11 is 6.48. The number of amides is 3. The summed E-state index contributed by atoms with van der Waals surface area (Å²) in [5.41, 5.74) is -0.709. The maximum Gasteiger partial charge on any atom is 0.348 e. The van der Waals surface area contributed by atoms with E-state index in [2.05, 4.69) is 46.1 Å². The first-order valence-corrected chi connectivity index (χ1v) is 10.4. The summed E-state index contributed by atoms with van der Waals surface area (Å²) in [5.74, 6) is -0.120. The zero-order valence-electron chi connectivity index (χ0n) is 14.5. The van der Waals surface area contributed by atoms with E-state index in [0.29, 0.717) is 0 Å². The molecule has 23 heavy (non-hydrogen) atoms. The van der Waals surface area contributed by atoms with Gasteiger partial charge in [0.15, 0.2) is 0 Å². The minimum absolute atomic E-state index is 0.120. The first kappa shape index (κ1) is 20.9. The van der Waals surface area contributed by atoms with Gasteiger partial charge in [0.05, 0.1) is 32.3 Å². The molecular formula is C17H30Br2N2O2. The third-order valence-electron chi connectivity index (χ3n) is 4.68. The molecule has 1 aliphatic heterocycles. The minimum atomic E-state index is -0.709. The quantitative estimate of drug-likeness (QED) is 0.197. The van der Waals surface area contributed by atoms with Crippen molar-refractivity contribution in [2.75, 3.05) is 0 Å². The second-order valence-electron chi connectivity index (χ2n) is 6.51. The molecule has 1 heterocycles. The van der Waals surface area contributed by atoms with Gasteiger partial charge in [-0.2, -0.15) is 3.93 Å². The summed E-state index contributed by atoms with van der Waals surface area (Å²) in [6.07, 6.45) is 13.0. The van der Waals surface area contributed by atoms with Crippen LogP contribution >= 0.6 is 32.3 Å². The van der Waals surface area contributed by atoms with Crippen molar-refractivity contribution in [3.63, 3.8) is 0 Å². The molecule has 0 spiro atoms. The van der Waals surface area contributed by atoms with Gasteiger partial charge in [0.25, 0.3) is 5.91 Å². The molecule has 0 bridgehead atoms. The molecule has 0 aromatic carbocycles. The highest BCUT2D eigenvalue weighted by Crippen LogP contribution is 2.41. The van der Waals surface area contributed by atoms with Crippen LogP contribution in [0.15, 0.2) is 0 Å². The zero-order valence-corrected chi connectivity index (χ0v) is 17.6. The number of nitrogens with zero attached hydrogens (tertiary/aromatic N) is 2. The SMILES string of the molecule is CCCCCCCC1(CCCCCCC)C(=O)N(Br)C(=O)N1Br. The van der Waals surface area contributed by atoms with Crippen LogP contribution in [0.3, 0.4) is 0 Å². The number of hydrogen-bond donors (Lipinski definition) is 0. The van der Waals surface area contributed by atoms with E-state index in [0.717, 1.165) is 42.5 Å². The maximum absolute atomic E-state index is 12.7. The average Bonchev–Trinajstić information content (AvgIpc) is 2.70. The Morgan fingerprint density at radius 2 is 1.22 bits per heavy atom. The molecule has 134 valence electrons. The summed E-state index contributed by atoms with van der Waals surface area (Å²) in [4.78, 5) is 24.8. The molecular weight excluding hydrogens is 424 g/mol. The normalized spacial score (nSPS) is 17.4. The monoisotopic (exact) mass is 452 g/mol. The van der Waals surface area contributed by atoms with Crippen LogP contribution in [0.1, 0.15) is 90.9 Å². The molecule has 1 fully saturated rings. The number of imide groups is 1. The Kier molecular flexibility index (Phi) is 9.74. The fraction of sp³-hybridized carbons (Fsp3) is 0.882. The molecule has 3 amide bonds. The van der Waals surface area contributed by atoms with Crippen molar-refractivity contribution in [3.8, 4) is 0 Å². The lowest BCUT2D eigenvalue weighted by atomic mass is 9.86. The van der Waals surface area contributed by atoms with Crippen molar-refractivity contribution >= 4 is 44.2 Å². The van der Waals surface area contributed by atoms with E-state index in [1.54, 1.807) is 0 Å². The van der Waals surface area contributed by atoms with Crippen molar-refractivity contribution < 1.29 is 9.59 Å². The van der Waals surface area contributed by atoms with Gasteiger partial charge in [-0.15, -0.1) is 0 Å². The van der Waals surface area contributed by atoms with E-state index in [1.807, 2.05) is 0 Å².